The highest BCUT2D eigenvalue weighted by atomic mass is 35.5. The molecule has 0 radical (unpaired) electrons. The number of rotatable bonds is 3. The summed E-state index contributed by atoms with van der Waals surface area (Å²) < 4.78 is 0. The molecule has 0 saturated heterocycles. The zero-order chi connectivity index (χ0) is 14.0. The molecule has 2 rings (SSSR count). The molecule has 1 aromatic heterocycles. The van der Waals surface area contributed by atoms with Gasteiger partial charge in [-0.15, -0.1) is 0 Å². The van der Waals surface area contributed by atoms with E-state index < -0.39 is 0 Å². The first-order valence-electron chi connectivity index (χ1n) is 6.69. The Morgan fingerprint density at radius 3 is 2.74 bits per heavy atom. The lowest BCUT2D eigenvalue weighted by Gasteiger charge is -2.26. The van der Waals surface area contributed by atoms with Crippen LogP contribution in [0.5, 0.6) is 0 Å². The number of hydrogen-bond acceptors (Lipinski definition) is 2. The first-order chi connectivity index (χ1) is 8.95. The number of aryl methyl sites for hydroxylation is 1. The van der Waals surface area contributed by atoms with Gasteiger partial charge < -0.3 is 5.32 Å². The Bertz CT molecular complexity index is 474. The third-order valence-corrected chi connectivity index (χ3v) is 4.06. The molecular formula is C15H20Cl2N2. The van der Waals surface area contributed by atoms with Crippen molar-refractivity contribution >= 4 is 28.9 Å². The minimum absolute atomic E-state index is 0.443. The van der Waals surface area contributed by atoms with Crippen molar-refractivity contribution in [1.82, 2.24) is 4.98 Å². The van der Waals surface area contributed by atoms with Crippen molar-refractivity contribution in [2.45, 2.75) is 33.6 Å². The van der Waals surface area contributed by atoms with Crippen LogP contribution in [0.3, 0.4) is 0 Å². The zero-order valence-electron chi connectivity index (χ0n) is 11.6. The van der Waals surface area contributed by atoms with Crippen LogP contribution < -0.4 is 5.32 Å². The summed E-state index contributed by atoms with van der Waals surface area (Å²) in [5.74, 6) is 1.33. The quantitative estimate of drug-likeness (QED) is 0.620. The van der Waals surface area contributed by atoms with Crippen LogP contribution in [0.15, 0.2) is 17.7 Å². The third kappa shape index (κ3) is 3.87. The molecule has 1 N–H and O–H groups in total. The predicted molar refractivity (Wildman–Crippen MR) is 83.1 cm³/mol. The molecule has 0 aromatic carbocycles. The van der Waals surface area contributed by atoms with Crippen LogP contribution in [0, 0.1) is 18.8 Å². The Kier molecular flexibility index (Phi) is 4.75. The van der Waals surface area contributed by atoms with E-state index in [0.717, 1.165) is 24.2 Å². The number of hydrogen-bond donors (Lipinski definition) is 1. The van der Waals surface area contributed by atoms with Gasteiger partial charge in [0.15, 0.2) is 5.15 Å². The lowest BCUT2D eigenvalue weighted by molar-refractivity contribution is 0.421. The number of aromatic nitrogens is 1. The van der Waals surface area contributed by atoms with E-state index in [9.17, 15) is 0 Å². The second kappa shape index (κ2) is 6.15. The zero-order valence-corrected chi connectivity index (χ0v) is 13.1. The maximum atomic E-state index is 6.14. The molecule has 0 aliphatic heterocycles. The first-order valence-corrected chi connectivity index (χ1v) is 7.45. The normalized spacial score (nSPS) is 23.1. The Labute approximate surface area is 125 Å². The molecule has 2 nitrogen and oxygen atoms in total. The topological polar surface area (TPSA) is 24.9 Å². The summed E-state index contributed by atoms with van der Waals surface area (Å²) in [6.45, 7) is 7.41. The van der Waals surface area contributed by atoms with Crippen molar-refractivity contribution in [1.29, 1.82) is 0 Å². The molecule has 1 aromatic rings. The van der Waals surface area contributed by atoms with Gasteiger partial charge in [0, 0.05) is 6.54 Å². The fourth-order valence-electron chi connectivity index (χ4n) is 2.90. The number of anilines is 1. The van der Waals surface area contributed by atoms with E-state index in [1.54, 1.807) is 0 Å². The van der Waals surface area contributed by atoms with Crippen LogP contribution in [-0.4, -0.2) is 11.5 Å². The van der Waals surface area contributed by atoms with Crippen LogP contribution in [0.2, 0.25) is 10.3 Å². The smallest absolute Gasteiger partial charge is 0.154 e. The van der Waals surface area contributed by atoms with E-state index in [1.165, 1.54) is 12.0 Å². The van der Waals surface area contributed by atoms with Gasteiger partial charge in [-0.1, -0.05) is 41.8 Å². The molecule has 0 bridgehead atoms. The molecule has 1 aliphatic carbocycles. The monoisotopic (exact) mass is 298 g/mol. The molecule has 104 valence electrons. The van der Waals surface area contributed by atoms with Crippen LogP contribution in [0.4, 0.5) is 5.69 Å². The van der Waals surface area contributed by atoms with Gasteiger partial charge >= 0.3 is 0 Å². The first kappa shape index (κ1) is 14.7. The number of nitrogens with one attached hydrogen (secondary N) is 1. The largest absolute Gasteiger partial charge is 0.382 e. The molecule has 1 aliphatic rings. The number of pyridine rings is 1. The maximum Gasteiger partial charge on any atom is 0.154 e. The molecule has 19 heavy (non-hydrogen) atoms. The number of halogens is 2. The van der Waals surface area contributed by atoms with E-state index in [2.05, 4.69) is 30.2 Å². The predicted octanol–water partition coefficient (Wildman–Crippen LogP) is 5.10. The van der Waals surface area contributed by atoms with Crippen molar-refractivity contribution in [2.75, 3.05) is 11.9 Å². The second-order valence-electron chi connectivity index (χ2n) is 5.60. The summed E-state index contributed by atoms with van der Waals surface area (Å²) >= 11 is 12.0. The van der Waals surface area contributed by atoms with Gasteiger partial charge in [-0.2, -0.15) is 0 Å². The molecular weight excluding hydrogens is 279 g/mol. The lowest BCUT2D eigenvalue weighted by atomic mass is 9.83. The van der Waals surface area contributed by atoms with Gasteiger partial charge in [0.1, 0.15) is 5.15 Å². The van der Waals surface area contributed by atoms with E-state index in [-0.39, 0.29) is 0 Å². The minimum Gasteiger partial charge on any atom is -0.382 e. The molecule has 2 atom stereocenters. The summed E-state index contributed by atoms with van der Waals surface area (Å²) in [4.78, 5) is 4.09. The van der Waals surface area contributed by atoms with Gasteiger partial charge in [-0.05, 0) is 50.2 Å². The number of nitrogens with zero attached hydrogens (tertiary/aromatic N) is 1. The Morgan fingerprint density at radius 1 is 1.37 bits per heavy atom. The molecule has 1 heterocycles. The van der Waals surface area contributed by atoms with Gasteiger partial charge in [0.05, 0.1) is 5.69 Å². The van der Waals surface area contributed by atoms with Gasteiger partial charge in [-0.3, -0.25) is 0 Å². The Balaban J connectivity index is 2.02. The maximum absolute atomic E-state index is 6.14. The Hall–Kier alpha value is -0.730. The van der Waals surface area contributed by atoms with Gasteiger partial charge in [-0.25, -0.2) is 4.98 Å². The van der Waals surface area contributed by atoms with Crippen molar-refractivity contribution in [3.63, 3.8) is 0 Å². The van der Waals surface area contributed by atoms with Crippen LogP contribution >= 0.6 is 23.2 Å². The van der Waals surface area contributed by atoms with Crippen LogP contribution in [-0.2, 0) is 0 Å². The SMILES string of the molecule is CC1=CC(C)CC(CNc2c(C)cc(Cl)nc2Cl)C1. The molecule has 2 unspecified atom stereocenters. The van der Waals surface area contributed by atoms with Gasteiger partial charge in [0.2, 0.25) is 0 Å². The summed E-state index contributed by atoms with van der Waals surface area (Å²) in [6.07, 6.45) is 4.76. The van der Waals surface area contributed by atoms with E-state index in [4.69, 9.17) is 23.2 Å². The highest BCUT2D eigenvalue weighted by Gasteiger charge is 2.18. The van der Waals surface area contributed by atoms with E-state index in [1.807, 2.05) is 13.0 Å². The summed E-state index contributed by atoms with van der Waals surface area (Å²) in [7, 11) is 0. The highest BCUT2D eigenvalue weighted by molar-refractivity contribution is 6.34. The van der Waals surface area contributed by atoms with Crippen molar-refractivity contribution < 1.29 is 0 Å². The Morgan fingerprint density at radius 2 is 2.11 bits per heavy atom. The molecule has 0 fully saturated rings. The van der Waals surface area contributed by atoms with E-state index >= 15 is 0 Å². The van der Waals surface area contributed by atoms with Crippen LogP contribution in [0.25, 0.3) is 0 Å². The fourth-order valence-corrected chi connectivity index (χ4v) is 3.49. The van der Waals surface area contributed by atoms with Crippen molar-refractivity contribution in [2.24, 2.45) is 11.8 Å². The summed E-state index contributed by atoms with van der Waals surface area (Å²) in [5.41, 5.74) is 3.44. The van der Waals surface area contributed by atoms with Crippen molar-refractivity contribution in [3.8, 4) is 0 Å². The molecule has 4 heteroatoms. The van der Waals surface area contributed by atoms with E-state index in [0.29, 0.717) is 22.1 Å². The second-order valence-corrected chi connectivity index (χ2v) is 6.35. The molecule has 0 amide bonds. The fraction of sp³-hybridized carbons (Fsp3) is 0.533. The molecule has 0 spiro atoms. The highest BCUT2D eigenvalue weighted by Crippen LogP contribution is 2.30. The van der Waals surface area contributed by atoms with Crippen LogP contribution in [0.1, 0.15) is 32.3 Å². The van der Waals surface area contributed by atoms with Gasteiger partial charge in [0.25, 0.3) is 0 Å². The molecule has 0 saturated carbocycles. The van der Waals surface area contributed by atoms with Crippen molar-refractivity contribution in [3.05, 3.63) is 33.6 Å². The standard InChI is InChI=1S/C15H20Cl2N2/c1-9-4-10(2)6-12(5-9)8-18-14-11(3)7-13(16)19-15(14)17/h4,7,9,12,18H,5-6,8H2,1-3H3. The average Bonchev–Trinajstić information content (AvgIpc) is 2.25. The minimum atomic E-state index is 0.443. The third-order valence-electron chi connectivity index (χ3n) is 3.59. The average molecular weight is 299 g/mol. The number of allylic oxidation sites excluding steroid dienone is 2. The summed E-state index contributed by atoms with van der Waals surface area (Å²) in [6, 6.07) is 1.84. The summed E-state index contributed by atoms with van der Waals surface area (Å²) in [5, 5.41) is 4.34. The lowest BCUT2D eigenvalue weighted by Crippen LogP contribution is -2.20.